The van der Waals surface area contributed by atoms with Gasteiger partial charge in [-0.15, -0.1) is 0 Å². The Morgan fingerprint density at radius 2 is 2.07 bits per heavy atom. The Morgan fingerprint density at radius 1 is 1.33 bits per heavy atom. The van der Waals surface area contributed by atoms with Crippen molar-refractivity contribution in [1.29, 1.82) is 5.26 Å². The molecule has 1 aliphatic rings. The molecule has 1 aromatic carbocycles. The van der Waals surface area contributed by atoms with E-state index in [1.54, 1.807) is 6.21 Å². The van der Waals surface area contributed by atoms with Crippen LogP contribution in [0.3, 0.4) is 0 Å². The average Bonchev–Trinajstić information content (AvgIpc) is 2.30. The fourth-order valence-electron chi connectivity index (χ4n) is 1.27. The third kappa shape index (κ3) is 2.25. The van der Waals surface area contributed by atoms with Crippen LogP contribution in [0.2, 0.25) is 0 Å². The molecule has 0 spiro atoms. The first-order valence-corrected chi connectivity index (χ1v) is 5.24. The fraction of sp³-hybridized carbons (Fsp3) is 0.0909. The van der Waals surface area contributed by atoms with E-state index < -0.39 is 6.17 Å². The summed E-state index contributed by atoms with van der Waals surface area (Å²) in [5.41, 5.74) is 2.06. The van der Waals surface area contributed by atoms with Gasteiger partial charge in [0.15, 0.2) is 0 Å². The molecule has 3 nitrogen and oxygen atoms in total. The van der Waals surface area contributed by atoms with E-state index in [1.165, 1.54) is 0 Å². The molecule has 0 bridgehead atoms. The minimum Gasteiger partial charge on any atom is -0.358 e. The molecule has 2 rings (SSSR count). The van der Waals surface area contributed by atoms with Crippen LogP contribution < -0.4 is 5.32 Å². The Balaban J connectivity index is 2.21. The van der Waals surface area contributed by atoms with E-state index in [9.17, 15) is 0 Å². The number of nitrogens with one attached hydrogen (secondary N) is 1. The van der Waals surface area contributed by atoms with Crippen molar-refractivity contribution in [2.75, 3.05) is 0 Å². The van der Waals surface area contributed by atoms with Gasteiger partial charge in [-0.2, -0.15) is 5.26 Å². The summed E-state index contributed by atoms with van der Waals surface area (Å²) in [6.07, 6.45) is 3.07. The maximum atomic E-state index is 8.62. The van der Waals surface area contributed by atoms with Crippen LogP contribution in [-0.2, 0) is 0 Å². The van der Waals surface area contributed by atoms with Gasteiger partial charge in [0.25, 0.3) is 0 Å². The summed E-state index contributed by atoms with van der Waals surface area (Å²) in [6.45, 7) is 0. The molecule has 0 saturated heterocycles. The average molecular weight is 262 g/mol. The van der Waals surface area contributed by atoms with Crippen molar-refractivity contribution in [2.24, 2.45) is 4.99 Å². The SMILES string of the molecule is N#CC1N=CC(c2ccc(Br)cc2)=CN1. The second kappa shape index (κ2) is 4.28. The lowest BCUT2D eigenvalue weighted by Crippen LogP contribution is -2.23. The van der Waals surface area contributed by atoms with Crippen LogP contribution in [0.25, 0.3) is 5.57 Å². The predicted molar refractivity (Wildman–Crippen MR) is 63.1 cm³/mol. The first-order chi connectivity index (χ1) is 7.29. The van der Waals surface area contributed by atoms with Crippen molar-refractivity contribution in [1.82, 2.24) is 5.32 Å². The van der Waals surface area contributed by atoms with E-state index >= 15 is 0 Å². The minimum absolute atomic E-state index is 0.454. The highest BCUT2D eigenvalue weighted by Crippen LogP contribution is 2.17. The monoisotopic (exact) mass is 261 g/mol. The summed E-state index contributed by atoms with van der Waals surface area (Å²) in [5.74, 6) is 0. The number of benzene rings is 1. The molecule has 0 saturated carbocycles. The molecule has 0 aliphatic carbocycles. The zero-order valence-electron chi connectivity index (χ0n) is 7.81. The van der Waals surface area contributed by atoms with Crippen LogP contribution in [0.5, 0.6) is 0 Å². The summed E-state index contributed by atoms with van der Waals surface area (Å²) in [5, 5.41) is 11.5. The van der Waals surface area contributed by atoms with E-state index in [0.29, 0.717) is 0 Å². The highest BCUT2D eigenvalue weighted by Gasteiger charge is 2.07. The lowest BCUT2D eigenvalue weighted by atomic mass is 10.1. The maximum Gasteiger partial charge on any atom is 0.206 e. The first-order valence-electron chi connectivity index (χ1n) is 4.44. The Kier molecular flexibility index (Phi) is 2.84. The number of allylic oxidation sites excluding steroid dienone is 1. The number of aliphatic imine (C=N–C) groups is 1. The molecule has 4 heteroatoms. The van der Waals surface area contributed by atoms with Crippen LogP contribution in [0.4, 0.5) is 0 Å². The number of halogens is 1. The minimum atomic E-state index is -0.454. The summed E-state index contributed by atoms with van der Waals surface area (Å²) in [7, 11) is 0. The topological polar surface area (TPSA) is 48.2 Å². The Labute approximate surface area is 96.3 Å². The highest BCUT2D eigenvalue weighted by molar-refractivity contribution is 9.10. The van der Waals surface area contributed by atoms with Crippen LogP contribution in [0.1, 0.15) is 5.56 Å². The molecule has 1 aliphatic heterocycles. The summed E-state index contributed by atoms with van der Waals surface area (Å²) in [4.78, 5) is 4.05. The zero-order chi connectivity index (χ0) is 10.7. The standard InChI is InChI=1S/C11H8BrN3/c12-10-3-1-8(2-4-10)9-6-14-11(5-13)15-7-9/h1-4,6-7,11,14H. The first kappa shape index (κ1) is 9.94. The third-order valence-corrected chi connectivity index (χ3v) is 2.59. The Hall–Kier alpha value is -1.60. The molecule has 15 heavy (non-hydrogen) atoms. The quantitative estimate of drug-likeness (QED) is 0.844. The number of hydrogen-bond acceptors (Lipinski definition) is 3. The third-order valence-electron chi connectivity index (χ3n) is 2.06. The molecule has 0 radical (unpaired) electrons. The van der Waals surface area contributed by atoms with Crippen molar-refractivity contribution < 1.29 is 0 Å². The molecule has 1 heterocycles. The predicted octanol–water partition coefficient (Wildman–Crippen LogP) is 2.31. The molecule has 1 N–H and O–H groups in total. The summed E-state index contributed by atoms with van der Waals surface area (Å²) >= 11 is 3.38. The maximum absolute atomic E-state index is 8.62. The number of rotatable bonds is 1. The largest absolute Gasteiger partial charge is 0.358 e. The number of nitriles is 1. The van der Waals surface area contributed by atoms with Gasteiger partial charge in [-0.3, -0.25) is 4.99 Å². The van der Waals surface area contributed by atoms with Gasteiger partial charge in [-0.25, -0.2) is 0 Å². The van der Waals surface area contributed by atoms with Gasteiger partial charge < -0.3 is 5.32 Å². The summed E-state index contributed by atoms with van der Waals surface area (Å²) < 4.78 is 1.04. The van der Waals surface area contributed by atoms with Gasteiger partial charge in [0.2, 0.25) is 6.17 Å². The van der Waals surface area contributed by atoms with Crippen LogP contribution >= 0.6 is 15.9 Å². The molecule has 0 fully saturated rings. The fourth-order valence-corrected chi connectivity index (χ4v) is 1.54. The Morgan fingerprint density at radius 3 is 2.60 bits per heavy atom. The van der Waals surface area contributed by atoms with Gasteiger partial charge in [0.1, 0.15) is 6.07 Å². The van der Waals surface area contributed by atoms with Gasteiger partial charge in [0.05, 0.1) is 0 Å². The van der Waals surface area contributed by atoms with Gasteiger partial charge in [-0.1, -0.05) is 28.1 Å². The van der Waals surface area contributed by atoms with E-state index in [0.717, 1.165) is 15.6 Å². The van der Waals surface area contributed by atoms with Crippen LogP contribution in [-0.4, -0.2) is 12.4 Å². The molecule has 1 atom stereocenters. The van der Waals surface area contributed by atoms with Crippen molar-refractivity contribution in [3.8, 4) is 6.07 Å². The van der Waals surface area contributed by atoms with E-state index in [4.69, 9.17) is 5.26 Å². The summed E-state index contributed by atoms with van der Waals surface area (Å²) in [6, 6.07) is 9.96. The molecule has 0 amide bonds. The second-order valence-corrected chi connectivity index (χ2v) is 4.00. The van der Waals surface area contributed by atoms with Crippen LogP contribution in [0, 0.1) is 11.3 Å². The molecule has 1 aromatic rings. The van der Waals surface area contributed by atoms with E-state index in [1.807, 2.05) is 36.5 Å². The zero-order valence-corrected chi connectivity index (χ0v) is 9.40. The lowest BCUT2D eigenvalue weighted by Gasteiger charge is -2.12. The van der Waals surface area contributed by atoms with Crippen molar-refractivity contribution in [3.63, 3.8) is 0 Å². The molecule has 74 valence electrons. The van der Waals surface area contributed by atoms with E-state index in [2.05, 4.69) is 26.2 Å². The van der Waals surface area contributed by atoms with Gasteiger partial charge in [-0.05, 0) is 17.7 Å². The molecular formula is C11H8BrN3. The van der Waals surface area contributed by atoms with Gasteiger partial charge in [0, 0.05) is 22.5 Å². The van der Waals surface area contributed by atoms with Gasteiger partial charge >= 0.3 is 0 Å². The van der Waals surface area contributed by atoms with E-state index in [-0.39, 0.29) is 0 Å². The normalized spacial score (nSPS) is 18.9. The second-order valence-electron chi connectivity index (χ2n) is 3.08. The van der Waals surface area contributed by atoms with Crippen LogP contribution in [0.15, 0.2) is 39.9 Å². The van der Waals surface area contributed by atoms with Crippen molar-refractivity contribution >= 4 is 27.7 Å². The molecule has 0 aromatic heterocycles. The van der Waals surface area contributed by atoms with Crippen molar-refractivity contribution in [2.45, 2.75) is 6.17 Å². The number of nitrogens with zero attached hydrogens (tertiary/aromatic N) is 2. The number of hydrogen-bond donors (Lipinski definition) is 1. The Bertz CT molecular complexity index is 454. The molecule has 1 unspecified atom stereocenters. The smallest absolute Gasteiger partial charge is 0.206 e. The van der Waals surface area contributed by atoms with Crippen molar-refractivity contribution in [3.05, 3.63) is 40.5 Å². The lowest BCUT2D eigenvalue weighted by molar-refractivity contribution is 0.749. The molecular weight excluding hydrogens is 254 g/mol. The highest BCUT2D eigenvalue weighted by atomic mass is 79.9.